The third-order valence-corrected chi connectivity index (χ3v) is 4.32. The largest absolute Gasteiger partial charge is 0.294 e. The van der Waals surface area contributed by atoms with Crippen molar-refractivity contribution in [2.45, 2.75) is 6.42 Å². The molecule has 2 aromatic rings. The summed E-state index contributed by atoms with van der Waals surface area (Å²) in [5, 5.41) is 0. The Morgan fingerprint density at radius 2 is 1.37 bits per heavy atom. The summed E-state index contributed by atoms with van der Waals surface area (Å²) in [6.45, 7) is 0. The molecule has 2 heteroatoms. The number of Topliss-reactive ketones (excluding diaryl/α,β-unsaturated/α-hetero) is 1. The summed E-state index contributed by atoms with van der Waals surface area (Å²) in [6.07, 6.45) is 0.630. The van der Waals surface area contributed by atoms with Crippen molar-refractivity contribution in [3.63, 3.8) is 0 Å². The highest BCUT2D eigenvalue weighted by Crippen LogP contribution is 2.40. The summed E-state index contributed by atoms with van der Waals surface area (Å²) in [5.74, 6) is 1.13. The van der Waals surface area contributed by atoms with Gasteiger partial charge in [0.2, 0.25) is 0 Å². The van der Waals surface area contributed by atoms with Crippen molar-refractivity contribution in [2.75, 3.05) is 5.75 Å². The molecule has 19 heavy (non-hydrogen) atoms. The van der Waals surface area contributed by atoms with Gasteiger partial charge >= 0.3 is 0 Å². The topological polar surface area (TPSA) is 17.1 Å². The minimum absolute atomic E-state index is 0.254. The molecule has 0 unspecified atom stereocenters. The van der Waals surface area contributed by atoms with Crippen molar-refractivity contribution in [2.24, 2.45) is 0 Å². The summed E-state index contributed by atoms with van der Waals surface area (Å²) in [6, 6.07) is 20.2. The molecule has 1 aliphatic rings. The number of hydrogen-bond donors (Lipinski definition) is 0. The van der Waals surface area contributed by atoms with Crippen LogP contribution in [0.5, 0.6) is 0 Å². The van der Waals surface area contributed by atoms with Gasteiger partial charge in [-0.15, -0.1) is 11.8 Å². The fraction of sp³-hybridized carbons (Fsp3) is 0.118. The average molecular weight is 266 g/mol. The second kappa shape index (κ2) is 5.45. The molecule has 2 aromatic carbocycles. The van der Waals surface area contributed by atoms with Crippen LogP contribution in [0.25, 0.3) is 10.5 Å². The van der Waals surface area contributed by atoms with Crippen LogP contribution in [0.2, 0.25) is 0 Å². The molecular formula is C17H14OS. The van der Waals surface area contributed by atoms with Crippen LogP contribution in [-0.4, -0.2) is 11.5 Å². The lowest BCUT2D eigenvalue weighted by Crippen LogP contribution is -2.10. The predicted octanol–water partition coefficient (Wildman–Crippen LogP) is 4.26. The van der Waals surface area contributed by atoms with E-state index in [0.29, 0.717) is 6.42 Å². The number of hydrogen-bond acceptors (Lipinski definition) is 2. The monoisotopic (exact) mass is 266 g/mol. The third-order valence-electron chi connectivity index (χ3n) is 3.18. The molecule has 0 fully saturated rings. The highest BCUT2D eigenvalue weighted by Gasteiger charge is 2.23. The number of rotatable bonds is 2. The van der Waals surface area contributed by atoms with Gasteiger partial charge in [-0.3, -0.25) is 4.79 Å². The van der Waals surface area contributed by atoms with E-state index in [0.717, 1.165) is 27.4 Å². The van der Waals surface area contributed by atoms with Gasteiger partial charge in [-0.05, 0) is 11.1 Å². The first-order valence-corrected chi connectivity index (χ1v) is 7.36. The van der Waals surface area contributed by atoms with Crippen LogP contribution in [-0.2, 0) is 4.79 Å². The fourth-order valence-electron chi connectivity index (χ4n) is 2.28. The summed E-state index contributed by atoms with van der Waals surface area (Å²) in [5.41, 5.74) is 3.04. The van der Waals surface area contributed by atoms with Crippen molar-refractivity contribution >= 4 is 28.0 Å². The van der Waals surface area contributed by atoms with E-state index in [2.05, 4.69) is 12.1 Å². The summed E-state index contributed by atoms with van der Waals surface area (Å²) in [4.78, 5) is 13.4. The van der Waals surface area contributed by atoms with Crippen molar-refractivity contribution in [1.82, 2.24) is 0 Å². The van der Waals surface area contributed by atoms with E-state index in [9.17, 15) is 4.79 Å². The molecule has 0 N–H and O–H groups in total. The molecule has 0 saturated heterocycles. The first-order chi connectivity index (χ1) is 9.36. The lowest BCUT2D eigenvalue weighted by molar-refractivity contribution is -0.113. The van der Waals surface area contributed by atoms with Crippen molar-refractivity contribution in [3.05, 3.63) is 71.8 Å². The van der Waals surface area contributed by atoms with Crippen LogP contribution in [0.15, 0.2) is 60.7 Å². The van der Waals surface area contributed by atoms with E-state index in [1.807, 2.05) is 48.5 Å². The summed E-state index contributed by atoms with van der Waals surface area (Å²) < 4.78 is 0. The van der Waals surface area contributed by atoms with Gasteiger partial charge in [0.15, 0.2) is 5.78 Å². The molecule has 0 radical (unpaired) electrons. The van der Waals surface area contributed by atoms with Crippen molar-refractivity contribution in [3.8, 4) is 0 Å². The molecule has 0 aromatic heterocycles. The van der Waals surface area contributed by atoms with Crippen LogP contribution in [0, 0.1) is 0 Å². The molecule has 94 valence electrons. The van der Waals surface area contributed by atoms with Gasteiger partial charge in [-0.25, -0.2) is 0 Å². The first-order valence-electron chi connectivity index (χ1n) is 6.37. The van der Waals surface area contributed by atoms with E-state index in [1.54, 1.807) is 11.8 Å². The normalized spacial score (nSPS) is 15.7. The van der Waals surface area contributed by atoms with Gasteiger partial charge in [0.25, 0.3) is 0 Å². The number of thioether (sulfide) groups is 1. The Morgan fingerprint density at radius 3 is 2.00 bits per heavy atom. The third kappa shape index (κ3) is 2.49. The van der Waals surface area contributed by atoms with E-state index in [-0.39, 0.29) is 5.78 Å². The quantitative estimate of drug-likeness (QED) is 0.808. The summed E-state index contributed by atoms with van der Waals surface area (Å²) >= 11 is 1.78. The zero-order valence-electron chi connectivity index (χ0n) is 10.5. The highest BCUT2D eigenvalue weighted by molar-refractivity contribution is 8.08. The van der Waals surface area contributed by atoms with E-state index in [1.165, 1.54) is 0 Å². The number of benzene rings is 2. The van der Waals surface area contributed by atoms with Gasteiger partial charge in [0, 0.05) is 22.7 Å². The number of carbonyl (C=O) groups excluding carboxylic acids is 1. The standard InChI is InChI=1S/C17H14OS/c18-15-11-12-19-17(14-9-5-2-6-10-14)16(15)13-7-3-1-4-8-13/h1-10H,11-12H2. The minimum Gasteiger partial charge on any atom is -0.294 e. The smallest absolute Gasteiger partial charge is 0.165 e. The van der Waals surface area contributed by atoms with Crippen LogP contribution in [0.4, 0.5) is 0 Å². The molecule has 0 atom stereocenters. The lowest BCUT2D eigenvalue weighted by Gasteiger charge is -2.19. The molecule has 0 aliphatic carbocycles. The van der Waals surface area contributed by atoms with Gasteiger partial charge < -0.3 is 0 Å². The van der Waals surface area contributed by atoms with E-state index < -0.39 is 0 Å². The second-order valence-corrected chi connectivity index (χ2v) is 5.56. The fourth-order valence-corrected chi connectivity index (χ4v) is 3.45. The summed E-state index contributed by atoms with van der Waals surface area (Å²) in [7, 11) is 0. The molecule has 1 aliphatic heterocycles. The number of ketones is 1. The molecule has 0 amide bonds. The molecular weight excluding hydrogens is 252 g/mol. The number of allylic oxidation sites excluding steroid dienone is 1. The molecule has 3 rings (SSSR count). The van der Waals surface area contributed by atoms with Crippen molar-refractivity contribution < 1.29 is 4.79 Å². The van der Waals surface area contributed by atoms with Crippen molar-refractivity contribution in [1.29, 1.82) is 0 Å². The van der Waals surface area contributed by atoms with Gasteiger partial charge in [-0.1, -0.05) is 60.7 Å². The van der Waals surface area contributed by atoms with Crippen LogP contribution < -0.4 is 0 Å². The first kappa shape index (κ1) is 12.2. The maximum Gasteiger partial charge on any atom is 0.165 e. The molecule has 0 saturated carbocycles. The maximum atomic E-state index is 12.3. The average Bonchev–Trinajstić information content (AvgIpc) is 2.49. The SMILES string of the molecule is O=C1CCSC(c2ccccc2)=C1c1ccccc1. The molecule has 1 nitrogen and oxygen atoms in total. The van der Waals surface area contributed by atoms with Gasteiger partial charge in [0.05, 0.1) is 0 Å². The van der Waals surface area contributed by atoms with E-state index >= 15 is 0 Å². The zero-order chi connectivity index (χ0) is 13.1. The molecule has 1 heterocycles. The zero-order valence-corrected chi connectivity index (χ0v) is 11.3. The van der Waals surface area contributed by atoms with Crippen LogP contribution in [0.3, 0.4) is 0 Å². The predicted molar refractivity (Wildman–Crippen MR) is 81.8 cm³/mol. The Morgan fingerprint density at radius 1 is 0.789 bits per heavy atom. The maximum absolute atomic E-state index is 12.3. The molecule has 0 spiro atoms. The highest BCUT2D eigenvalue weighted by atomic mass is 32.2. The number of carbonyl (C=O) groups is 1. The Labute approximate surface area is 117 Å². The lowest BCUT2D eigenvalue weighted by atomic mass is 9.97. The Balaban J connectivity index is 2.18. The second-order valence-electron chi connectivity index (χ2n) is 4.46. The van der Waals surface area contributed by atoms with Gasteiger partial charge in [-0.2, -0.15) is 0 Å². The van der Waals surface area contributed by atoms with E-state index in [4.69, 9.17) is 0 Å². The Bertz CT molecular complexity index is 614. The van der Waals surface area contributed by atoms with Gasteiger partial charge in [0.1, 0.15) is 0 Å². The molecule has 0 bridgehead atoms. The van der Waals surface area contributed by atoms with Crippen LogP contribution in [0.1, 0.15) is 17.5 Å². The minimum atomic E-state index is 0.254. The Hall–Kier alpha value is -1.80. The Kier molecular flexibility index (Phi) is 3.51. The van der Waals surface area contributed by atoms with Crippen LogP contribution >= 0.6 is 11.8 Å².